The molecule has 80 valence electrons. The Balaban J connectivity index is 3.05. The first-order chi connectivity index (χ1) is 6.35. The topological polar surface area (TPSA) is 38.7 Å². The van der Waals surface area contributed by atoms with Gasteiger partial charge >= 0.3 is 0 Å². The standard InChI is InChI=1S/C10H22O3/c1-3-10(4-2)9-13-8-7-12-6-5-11/h10-11H,3-9H2,1-2H3. The van der Waals surface area contributed by atoms with Gasteiger partial charge in [0.2, 0.25) is 0 Å². The Morgan fingerprint density at radius 2 is 1.62 bits per heavy atom. The van der Waals surface area contributed by atoms with Crippen molar-refractivity contribution in [1.29, 1.82) is 0 Å². The number of rotatable bonds is 9. The van der Waals surface area contributed by atoms with Gasteiger partial charge in [0.05, 0.1) is 26.4 Å². The molecule has 0 aromatic carbocycles. The number of aliphatic hydroxyl groups is 1. The summed E-state index contributed by atoms with van der Waals surface area (Å²) in [4.78, 5) is 0. The summed E-state index contributed by atoms with van der Waals surface area (Å²) in [5.74, 6) is 0.679. The van der Waals surface area contributed by atoms with E-state index >= 15 is 0 Å². The van der Waals surface area contributed by atoms with Crippen LogP contribution in [0.15, 0.2) is 0 Å². The van der Waals surface area contributed by atoms with Crippen molar-refractivity contribution in [2.45, 2.75) is 26.7 Å². The fourth-order valence-electron chi connectivity index (χ4n) is 1.06. The lowest BCUT2D eigenvalue weighted by Crippen LogP contribution is -2.12. The van der Waals surface area contributed by atoms with Gasteiger partial charge in [-0.05, 0) is 5.92 Å². The first-order valence-electron chi connectivity index (χ1n) is 5.11. The summed E-state index contributed by atoms with van der Waals surface area (Å²) in [5, 5.41) is 8.42. The SMILES string of the molecule is CCC(CC)COCCOCCO. The molecule has 0 heterocycles. The highest BCUT2D eigenvalue weighted by Crippen LogP contribution is 2.06. The first kappa shape index (κ1) is 12.9. The zero-order chi connectivity index (χ0) is 9.94. The van der Waals surface area contributed by atoms with E-state index in [1.807, 2.05) is 0 Å². The molecular formula is C10H22O3. The monoisotopic (exact) mass is 190 g/mol. The molecule has 0 fully saturated rings. The molecule has 0 atom stereocenters. The minimum absolute atomic E-state index is 0.0898. The molecule has 13 heavy (non-hydrogen) atoms. The van der Waals surface area contributed by atoms with Crippen molar-refractivity contribution in [3.63, 3.8) is 0 Å². The summed E-state index contributed by atoms with van der Waals surface area (Å²) in [5.41, 5.74) is 0. The normalized spacial score (nSPS) is 11.1. The van der Waals surface area contributed by atoms with Crippen LogP contribution in [-0.4, -0.2) is 38.1 Å². The van der Waals surface area contributed by atoms with E-state index in [9.17, 15) is 0 Å². The molecule has 0 aliphatic heterocycles. The second-order valence-corrected chi connectivity index (χ2v) is 3.09. The van der Waals surface area contributed by atoms with Crippen molar-refractivity contribution < 1.29 is 14.6 Å². The minimum Gasteiger partial charge on any atom is -0.394 e. The third-order valence-electron chi connectivity index (χ3n) is 2.12. The number of aliphatic hydroxyl groups excluding tert-OH is 1. The van der Waals surface area contributed by atoms with E-state index in [2.05, 4.69) is 13.8 Å². The Morgan fingerprint density at radius 1 is 1.00 bits per heavy atom. The molecule has 3 nitrogen and oxygen atoms in total. The largest absolute Gasteiger partial charge is 0.394 e. The van der Waals surface area contributed by atoms with Crippen molar-refractivity contribution in [3.8, 4) is 0 Å². The van der Waals surface area contributed by atoms with E-state index in [0.717, 1.165) is 6.61 Å². The highest BCUT2D eigenvalue weighted by molar-refractivity contribution is 4.51. The zero-order valence-electron chi connectivity index (χ0n) is 8.79. The van der Waals surface area contributed by atoms with Crippen LogP contribution in [0, 0.1) is 5.92 Å². The second kappa shape index (κ2) is 9.96. The van der Waals surface area contributed by atoms with Crippen LogP contribution in [0.25, 0.3) is 0 Å². The van der Waals surface area contributed by atoms with Crippen LogP contribution in [0.3, 0.4) is 0 Å². The van der Waals surface area contributed by atoms with Crippen LogP contribution >= 0.6 is 0 Å². The lowest BCUT2D eigenvalue weighted by atomic mass is 10.1. The number of ether oxygens (including phenoxy) is 2. The summed E-state index contributed by atoms with van der Waals surface area (Å²) >= 11 is 0. The molecule has 0 saturated carbocycles. The third-order valence-corrected chi connectivity index (χ3v) is 2.12. The Kier molecular flexibility index (Phi) is 9.87. The van der Waals surface area contributed by atoms with Crippen LogP contribution in [-0.2, 0) is 9.47 Å². The molecule has 0 radical (unpaired) electrons. The van der Waals surface area contributed by atoms with Gasteiger partial charge in [-0.1, -0.05) is 26.7 Å². The quantitative estimate of drug-likeness (QED) is 0.559. The van der Waals surface area contributed by atoms with Crippen molar-refractivity contribution in [2.75, 3.05) is 33.0 Å². The summed E-state index contributed by atoms with van der Waals surface area (Å²) in [6, 6.07) is 0. The van der Waals surface area contributed by atoms with E-state index in [1.165, 1.54) is 12.8 Å². The van der Waals surface area contributed by atoms with Crippen molar-refractivity contribution in [3.05, 3.63) is 0 Å². The zero-order valence-corrected chi connectivity index (χ0v) is 8.79. The fraction of sp³-hybridized carbons (Fsp3) is 1.00. The summed E-state index contributed by atoms with van der Waals surface area (Å²) in [6.45, 7) is 6.91. The fourth-order valence-corrected chi connectivity index (χ4v) is 1.06. The molecule has 0 aliphatic carbocycles. The molecule has 3 heteroatoms. The maximum atomic E-state index is 8.42. The van der Waals surface area contributed by atoms with Crippen molar-refractivity contribution >= 4 is 0 Å². The number of hydrogen-bond acceptors (Lipinski definition) is 3. The van der Waals surface area contributed by atoms with E-state index < -0.39 is 0 Å². The van der Waals surface area contributed by atoms with Crippen LogP contribution < -0.4 is 0 Å². The van der Waals surface area contributed by atoms with Gasteiger partial charge in [0.1, 0.15) is 0 Å². The van der Waals surface area contributed by atoms with E-state index in [-0.39, 0.29) is 6.61 Å². The molecule has 1 N–H and O–H groups in total. The maximum Gasteiger partial charge on any atom is 0.0701 e. The maximum absolute atomic E-state index is 8.42. The molecule has 0 aromatic rings. The van der Waals surface area contributed by atoms with Gasteiger partial charge in [-0.15, -0.1) is 0 Å². The average molecular weight is 190 g/mol. The predicted octanol–water partition coefficient (Wildman–Crippen LogP) is 1.45. The summed E-state index contributed by atoms with van der Waals surface area (Å²) in [6.07, 6.45) is 2.35. The van der Waals surface area contributed by atoms with Gasteiger partial charge in [-0.25, -0.2) is 0 Å². The molecule has 0 amide bonds. The average Bonchev–Trinajstić information content (AvgIpc) is 2.17. The molecule has 0 bridgehead atoms. The summed E-state index contributed by atoms with van der Waals surface area (Å²) < 4.78 is 10.5. The molecule has 0 aromatic heterocycles. The van der Waals surface area contributed by atoms with E-state index in [0.29, 0.717) is 25.7 Å². The van der Waals surface area contributed by atoms with Gasteiger partial charge < -0.3 is 14.6 Å². The van der Waals surface area contributed by atoms with Crippen LogP contribution in [0.2, 0.25) is 0 Å². The van der Waals surface area contributed by atoms with Crippen LogP contribution in [0.4, 0.5) is 0 Å². The van der Waals surface area contributed by atoms with Crippen molar-refractivity contribution in [1.82, 2.24) is 0 Å². The molecule has 0 saturated heterocycles. The van der Waals surface area contributed by atoms with Gasteiger partial charge in [0.25, 0.3) is 0 Å². The smallest absolute Gasteiger partial charge is 0.0701 e. The molecule has 0 spiro atoms. The number of hydrogen-bond donors (Lipinski definition) is 1. The molecule has 0 unspecified atom stereocenters. The Bertz CT molecular complexity index is 92.2. The lowest BCUT2D eigenvalue weighted by molar-refractivity contribution is 0.0212. The summed E-state index contributed by atoms with van der Waals surface area (Å²) in [7, 11) is 0. The molecule has 0 aliphatic rings. The third kappa shape index (κ3) is 8.22. The highest BCUT2D eigenvalue weighted by atomic mass is 16.5. The lowest BCUT2D eigenvalue weighted by Gasteiger charge is -2.12. The van der Waals surface area contributed by atoms with E-state index in [1.54, 1.807) is 0 Å². The Morgan fingerprint density at radius 3 is 2.15 bits per heavy atom. The van der Waals surface area contributed by atoms with Crippen molar-refractivity contribution in [2.24, 2.45) is 5.92 Å². The first-order valence-corrected chi connectivity index (χ1v) is 5.11. The highest BCUT2D eigenvalue weighted by Gasteiger charge is 2.02. The Labute approximate surface area is 81.0 Å². The molecule has 0 rings (SSSR count). The predicted molar refractivity (Wildman–Crippen MR) is 52.8 cm³/mol. The van der Waals surface area contributed by atoms with E-state index in [4.69, 9.17) is 14.6 Å². The molecular weight excluding hydrogens is 168 g/mol. The van der Waals surface area contributed by atoms with Gasteiger partial charge in [-0.3, -0.25) is 0 Å². The van der Waals surface area contributed by atoms with Crippen LogP contribution in [0.1, 0.15) is 26.7 Å². The Hall–Kier alpha value is -0.120. The van der Waals surface area contributed by atoms with Gasteiger partial charge in [-0.2, -0.15) is 0 Å². The van der Waals surface area contributed by atoms with Crippen LogP contribution in [0.5, 0.6) is 0 Å². The second-order valence-electron chi connectivity index (χ2n) is 3.09. The van der Waals surface area contributed by atoms with Gasteiger partial charge in [0, 0.05) is 6.61 Å². The minimum atomic E-state index is 0.0898. The van der Waals surface area contributed by atoms with Gasteiger partial charge in [0.15, 0.2) is 0 Å².